The topological polar surface area (TPSA) is 43.6 Å². The van der Waals surface area contributed by atoms with Gasteiger partial charge in [-0.1, -0.05) is 38.5 Å². The highest BCUT2D eigenvalue weighted by Crippen LogP contribution is 2.27. The van der Waals surface area contributed by atoms with Crippen molar-refractivity contribution >= 4 is 33.6 Å². The minimum Gasteiger partial charge on any atom is -0.267 e. The highest BCUT2D eigenvalue weighted by molar-refractivity contribution is 14.1. The van der Waals surface area contributed by atoms with Crippen molar-refractivity contribution in [2.45, 2.75) is 64.3 Å². The van der Waals surface area contributed by atoms with Crippen molar-refractivity contribution in [3.05, 3.63) is 15.7 Å². The van der Waals surface area contributed by atoms with Crippen LogP contribution in [0.4, 0.5) is 0 Å². The molecular formula is C15H21IN4. The van der Waals surface area contributed by atoms with E-state index < -0.39 is 0 Å². The lowest BCUT2D eigenvalue weighted by Gasteiger charge is -2.16. The molecule has 0 unspecified atom stereocenters. The van der Waals surface area contributed by atoms with Crippen LogP contribution >= 0.6 is 22.6 Å². The van der Waals surface area contributed by atoms with Gasteiger partial charge >= 0.3 is 0 Å². The Morgan fingerprint density at radius 3 is 2.40 bits per heavy atom. The van der Waals surface area contributed by atoms with Gasteiger partial charge in [0.15, 0.2) is 5.65 Å². The van der Waals surface area contributed by atoms with E-state index in [0.29, 0.717) is 6.04 Å². The fourth-order valence-electron chi connectivity index (χ4n) is 3.05. The zero-order valence-corrected chi connectivity index (χ0v) is 14.1. The molecular weight excluding hydrogens is 363 g/mol. The first-order valence-corrected chi connectivity index (χ1v) is 8.71. The summed E-state index contributed by atoms with van der Waals surface area (Å²) >= 11 is 2.28. The maximum atomic E-state index is 4.72. The molecule has 0 amide bonds. The molecule has 2 heterocycles. The molecule has 0 N–H and O–H groups in total. The SMILES string of the molecule is Cc1nc(I)c2cn(C3CCCCCCCC3)nc2n1. The normalized spacial score (nSPS) is 18.7. The predicted octanol–water partition coefficient (Wildman–Crippen LogP) is 4.41. The van der Waals surface area contributed by atoms with Crippen LogP contribution in [0.1, 0.15) is 63.2 Å². The second-order valence-electron chi connectivity index (χ2n) is 5.76. The van der Waals surface area contributed by atoms with Gasteiger partial charge in [-0.3, -0.25) is 4.68 Å². The Morgan fingerprint density at radius 1 is 1.05 bits per heavy atom. The summed E-state index contributed by atoms with van der Waals surface area (Å²) in [5.41, 5.74) is 0.849. The number of hydrogen-bond acceptors (Lipinski definition) is 3. The third-order valence-corrected chi connectivity index (χ3v) is 4.98. The number of halogens is 1. The molecule has 1 fully saturated rings. The Morgan fingerprint density at radius 2 is 1.70 bits per heavy atom. The molecule has 1 aliphatic carbocycles. The van der Waals surface area contributed by atoms with Crippen LogP contribution in [0.3, 0.4) is 0 Å². The Kier molecular flexibility index (Phi) is 4.53. The molecule has 108 valence electrons. The lowest BCUT2D eigenvalue weighted by molar-refractivity contribution is 0.384. The van der Waals surface area contributed by atoms with Crippen LogP contribution in [-0.4, -0.2) is 19.7 Å². The van der Waals surface area contributed by atoms with Gasteiger partial charge in [-0.05, 0) is 42.4 Å². The standard InChI is InChI=1S/C15H21IN4/c1-11-17-14(16)13-10-20(19-15(13)18-11)12-8-6-4-2-3-5-7-9-12/h10,12H,2-9H2,1H3. The second-order valence-corrected chi connectivity index (χ2v) is 6.78. The minimum absolute atomic E-state index is 0.540. The molecule has 0 aromatic carbocycles. The first kappa shape index (κ1) is 14.2. The average Bonchev–Trinajstić information content (AvgIpc) is 2.86. The summed E-state index contributed by atoms with van der Waals surface area (Å²) < 4.78 is 3.17. The minimum atomic E-state index is 0.540. The summed E-state index contributed by atoms with van der Waals surface area (Å²) in [6.45, 7) is 1.93. The molecule has 1 saturated carbocycles. The third kappa shape index (κ3) is 3.13. The molecule has 1 aliphatic rings. The smallest absolute Gasteiger partial charge is 0.185 e. The van der Waals surface area contributed by atoms with E-state index in [1.165, 1.54) is 51.4 Å². The van der Waals surface area contributed by atoms with Crippen molar-refractivity contribution in [3.8, 4) is 0 Å². The molecule has 0 radical (unpaired) electrons. The molecule has 0 bridgehead atoms. The van der Waals surface area contributed by atoms with Crippen LogP contribution in [0.5, 0.6) is 0 Å². The molecule has 20 heavy (non-hydrogen) atoms. The summed E-state index contributed by atoms with van der Waals surface area (Å²) in [7, 11) is 0. The third-order valence-electron chi connectivity index (χ3n) is 4.16. The van der Waals surface area contributed by atoms with Gasteiger partial charge in [0.1, 0.15) is 9.53 Å². The summed E-state index contributed by atoms with van der Waals surface area (Å²) in [6.07, 6.45) is 12.8. The quantitative estimate of drug-likeness (QED) is 0.540. The van der Waals surface area contributed by atoms with Crippen molar-refractivity contribution in [1.82, 2.24) is 19.7 Å². The van der Waals surface area contributed by atoms with Gasteiger partial charge in [0, 0.05) is 6.20 Å². The van der Waals surface area contributed by atoms with Crippen LogP contribution in [0, 0.1) is 10.6 Å². The maximum absolute atomic E-state index is 4.72. The molecule has 0 aliphatic heterocycles. The van der Waals surface area contributed by atoms with Crippen LogP contribution in [0.25, 0.3) is 11.0 Å². The molecule has 2 aromatic heterocycles. The largest absolute Gasteiger partial charge is 0.267 e. The van der Waals surface area contributed by atoms with Gasteiger partial charge in [-0.2, -0.15) is 5.10 Å². The Balaban J connectivity index is 1.89. The van der Waals surface area contributed by atoms with E-state index in [0.717, 1.165) is 20.6 Å². The molecule has 4 nitrogen and oxygen atoms in total. The Bertz CT molecular complexity index is 583. The van der Waals surface area contributed by atoms with Crippen molar-refractivity contribution in [2.24, 2.45) is 0 Å². The molecule has 0 atom stereocenters. The number of aromatic nitrogens is 4. The van der Waals surface area contributed by atoms with Gasteiger partial charge in [-0.25, -0.2) is 9.97 Å². The van der Waals surface area contributed by atoms with Crippen LogP contribution in [0.2, 0.25) is 0 Å². The first-order valence-electron chi connectivity index (χ1n) is 7.63. The lowest BCUT2D eigenvalue weighted by Crippen LogP contribution is -2.09. The molecule has 2 aromatic rings. The Hall–Kier alpha value is -0.720. The first-order chi connectivity index (χ1) is 9.74. The highest BCUT2D eigenvalue weighted by atomic mass is 127. The maximum Gasteiger partial charge on any atom is 0.185 e. The van der Waals surface area contributed by atoms with E-state index in [4.69, 9.17) is 5.10 Å². The molecule has 3 rings (SSSR count). The van der Waals surface area contributed by atoms with Crippen LogP contribution in [-0.2, 0) is 0 Å². The van der Waals surface area contributed by atoms with E-state index in [-0.39, 0.29) is 0 Å². The van der Waals surface area contributed by atoms with Crippen molar-refractivity contribution < 1.29 is 0 Å². The van der Waals surface area contributed by atoms with Crippen molar-refractivity contribution in [2.75, 3.05) is 0 Å². The van der Waals surface area contributed by atoms with Gasteiger partial charge in [0.05, 0.1) is 11.4 Å². The van der Waals surface area contributed by atoms with Crippen molar-refractivity contribution in [3.63, 3.8) is 0 Å². The zero-order valence-electron chi connectivity index (χ0n) is 12.0. The number of aryl methyl sites for hydroxylation is 1. The summed E-state index contributed by atoms with van der Waals surface area (Å²) in [4.78, 5) is 8.90. The second kappa shape index (κ2) is 6.37. The van der Waals surface area contributed by atoms with E-state index in [1.807, 2.05) is 6.92 Å². The van der Waals surface area contributed by atoms with E-state index in [1.54, 1.807) is 0 Å². The van der Waals surface area contributed by atoms with E-state index in [9.17, 15) is 0 Å². The lowest BCUT2D eigenvalue weighted by atomic mass is 10.1. The summed E-state index contributed by atoms with van der Waals surface area (Å²) in [5, 5.41) is 5.82. The van der Waals surface area contributed by atoms with Gasteiger partial charge < -0.3 is 0 Å². The van der Waals surface area contributed by atoms with E-state index >= 15 is 0 Å². The fraction of sp³-hybridized carbons (Fsp3) is 0.667. The average molecular weight is 384 g/mol. The Labute approximate surface area is 133 Å². The van der Waals surface area contributed by atoms with Gasteiger partial charge in [-0.15, -0.1) is 0 Å². The van der Waals surface area contributed by atoms with Gasteiger partial charge in [0.2, 0.25) is 0 Å². The molecule has 0 saturated heterocycles. The van der Waals surface area contributed by atoms with Crippen molar-refractivity contribution in [1.29, 1.82) is 0 Å². The molecule has 0 spiro atoms. The summed E-state index contributed by atoms with van der Waals surface area (Å²) in [6, 6.07) is 0.540. The monoisotopic (exact) mass is 384 g/mol. The number of fused-ring (bicyclic) bond motifs is 1. The number of nitrogens with zero attached hydrogens (tertiary/aromatic N) is 4. The predicted molar refractivity (Wildman–Crippen MR) is 88.8 cm³/mol. The highest BCUT2D eigenvalue weighted by Gasteiger charge is 2.16. The molecule has 5 heteroatoms. The number of rotatable bonds is 1. The zero-order chi connectivity index (χ0) is 13.9. The summed E-state index contributed by atoms with van der Waals surface area (Å²) in [5.74, 6) is 0.807. The number of hydrogen-bond donors (Lipinski definition) is 0. The fourth-order valence-corrected chi connectivity index (χ4v) is 3.78. The van der Waals surface area contributed by atoms with Gasteiger partial charge in [0.25, 0.3) is 0 Å². The van der Waals surface area contributed by atoms with Crippen LogP contribution in [0.15, 0.2) is 6.20 Å². The van der Waals surface area contributed by atoms with Crippen LogP contribution < -0.4 is 0 Å². The van der Waals surface area contributed by atoms with E-state index in [2.05, 4.69) is 43.4 Å².